The summed E-state index contributed by atoms with van der Waals surface area (Å²) in [6, 6.07) is 11.9. The van der Waals surface area contributed by atoms with Crippen LogP contribution in [0.1, 0.15) is 21.5 Å². The van der Waals surface area contributed by atoms with Crippen molar-refractivity contribution in [3.8, 4) is 11.5 Å². The molecule has 0 aromatic heterocycles. The quantitative estimate of drug-likeness (QED) is 0.366. The molecule has 0 saturated heterocycles. The van der Waals surface area contributed by atoms with E-state index in [0.717, 1.165) is 6.08 Å². The first-order chi connectivity index (χ1) is 11.5. The van der Waals surface area contributed by atoms with Crippen molar-refractivity contribution >= 4 is 11.8 Å². The number of phenols is 1. The van der Waals surface area contributed by atoms with Crippen LogP contribution >= 0.6 is 0 Å². The normalized spacial score (nSPS) is 10.0. The van der Waals surface area contributed by atoms with Crippen LogP contribution in [0.4, 0.5) is 0 Å². The fourth-order valence-corrected chi connectivity index (χ4v) is 2.13. The van der Waals surface area contributed by atoms with Gasteiger partial charge in [0.05, 0.1) is 5.56 Å². The average Bonchev–Trinajstić information content (AvgIpc) is 2.61. The SMILES string of the molecule is C=CC(=O)OCCOc1c(C)ccc(C(=O)c2ccccc2)c1O. The van der Waals surface area contributed by atoms with Crippen LogP contribution in [0.25, 0.3) is 0 Å². The molecule has 1 N–H and O–H groups in total. The van der Waals surface area contributed by atoms with E-state index in [-0.39, 0.29) is 36.1 Å². The number of hydrogen-bond acceptors (Lipinski definition) is 5. The summed E-state index contributed by atoms with van der Waals surface area (Å²) >= 11 is 0. The van der Waals surface area contributed by atoms with Gasteiger partial charge in [0, 0.05) is 11.6 Å². The van der Waals surface area contributed by atoms with E-state index in [1.165, 1.54) is 0 Å². The van der Waals surface area contributed by atoms with Crippen LogP contribution in [0, 0.1) is 6.92 Å². The Balaban J connectivity index is 2.16. The lowest BCUT2D eigenvalue weighted by molar-refractivity contribution is -0.138. The van der Waals surface area contributed by atoms with E-state index in [4.69, 9.17) is 9.47 Å². The number of carbonyl (C=O) groups excluding carboxylic acids is 2. The Morgan fingerprint density at radius 1 is 1.12 bits per heavy atom. The zero-order valence-electron chi connectivity index (χ0n) is 13.3. The second-order valence-electron chi connectivity index (χ2n) is 5.02. The summed E-state index contributed by atoms with van der Waals surface area (Å²) in [7, 11) is 0. The molecule has 0 aliphatic heterocycles. The highest BCUT2D eigenvalue weighted by Crippen LogP contribution is 2.34. The first-order valence-electron chi connectivity index (χ1n) is 7.39. The molecule has 5 heteroatoms. The lowest BCUT2D eigenvalue weighted by Gasteiger charge is -2.13. The number of rotatable bonds is 7. The Bertz CT molecular complexity index is 750. The minimum atomic E-state index is -0.549. The van der Waals surface area contributed by atoms with Gasteiger partial charge in [0.15, 0.2) is 17.3 Å². The van der Waals surface area contributed by atoms with Crippen LogP contribution in [0.5, 0.6) is 11.5 Å². The van der Waals surface area contributed by atoms with Crippen molar-refractivity contribution in [3.05, 3.63) is 71.8 Å². The van der Waals surface area contributed by atoms with Crippen molar-refractivity contribution in [2.45, 2.75) is 6.92 Å². The third kappa shape index (κ3) is 4.01. The van der Waals surface area contributed by atoms with Gasteiger partial charge in [-0.15, -0.1) is 0 Å². The molecule has 0 aliphatic carbocycles. The zero-order chi connectivity index (χ0) is 17.5. The smallest absolute Gasteiger partial charge is 0.330 e. The molecule has 0 spiro atoms. The molecule has 0 heterocycles. The summed E-state index contributed by atoms with van der Waals surface area (Å²) in [4.78, 5) is 23.5. The van der Waals surface area contributed by atoms with Crippen LogP contribution in [-0.4, -0.2) is 30.1 Å². The molecular formula is C19H18O5. The lowest BCUT2D eigenvalue weighted by atomic mass is 10.0. The maximum Gasteiger partial charge on any atom is 0.330 e. The van der Waals surface area contributed by atoms with E-state index in [1.807, 2.05) is 6.07 Å². The van der Waals surface area contributed by atoms with Gasteiger partial charge < -0.3 is 14.6 Å². The molecule has 5 nitrogen and oxygen atoms in total. The molecule has 2 aromatic rings. The first kappa shape index (κ1) is 17.3. The summed E-state index contributed by atoms with van der Waals surface area (Å²) in [5.74, 6) is -0.867. The summed E-state index contributed by atoms with van der Waals surface area (Å²) < 4.78 is 10.3. The minimum Gasteiger partial charge on any atom is -0.504 e. The fraction of sp³-hybridized carbons (Fsp3) is 0.158. The van der Waals surface area contributed by atoms with E-state index in [0.29, 0.717) is 11.1 Å². The van der Waals surface area contributed by atoms with Gasteiger partial charge in [0.25, 0.3) is 0 Å². The Labute approximate surface area is 140 Å². The third-order valence-corrected chi connectivity index (χ3v) is 3.35. The molecule has 124 valence electrons. The van der Waals surface area contributed by atoms with Gasteiger partial charge in [0.1, 0.15) is 13.2 Å². The number of ketones is 1. The van der Waals surface area contributed by atoms with Crippen molar-refractivity contribution in [2.24, 2.45) is 0 Å². The van der Waals surface area contributed by atoms with Gasteiger partial charge in [-0.2, -0.15) is 0 Å². The fourth-order valence-electron chi connectivity index (χ4n) is 2.13. The topological polar surface area (TPSA) is 72.8 Å². The lowest BCUT2D eigenvalue weighted by Crippen LogP contribution is -2.11. The molecule has 0 bridgehead atoms. The Morgan fingerprint density at radius 2 is 1.83 bits per heavy atom. The molecule has 0 saturated carbocycles. The molecular weight excluding hydrogens is 308 g/mol. The molecule has 0 fully saturated rings. The number of benzene rings is 2. The molecule has 24 heavy (non-hydrogen) atoms. The molecule has 0 atom stereocenters. The number of carbonyl (C=O) groups is 2. The van der Waals surface area contributed by atoms with Gasteiger partial charge in [-0.25, -0.2) is 4.79 Å². The monoisotopic (exact) mass is 326 g/mol. The van der Waals surface area contributed by atoms with Crippen LogP contribution in [-0.2, 0) is 9.53 Å². The zero-order valence-corrected chi connectivity index (χ0v) is 13.3. The van der Waals surface area contributed by atoms with E-state index in [9.17, 15) is 14.7 Å². The minimum absolute atomic E-state index is 0.0145. The maximum absolute atomic E-state index is 12.5. The number of hydrogen-bond donors (Lipinski definition) is 1. The van der Waals surface area contributed by atoms with Crippen molar-refractivity contribution in [3.63, 3.8) is 0 Å². The van der Waals surface area contributed by atoms with Gasteiger partial charge >= 0.3 is 5.97 Å². The number of phenolic OH excluding ortho intramolecular Hbond substituents is 1. The molecule has 0 radical (unpaired) electrons. The third-order valence-electron chi connectivity index (χ3n) is 3.35. The van der Waals surface area contributed by atoms with Crippen LogP contribution in [0.2, 0.25) is 0 Å². The number of aryl methyl sites for hydroxylation is 1. The highest BCUT2D eigenvalue weighted by atomic mass is 16.6. The first-order valence-corrected chi connectivity index (χ1v) is 7.39. The van der Waals surface area contributed by atoms with Crippen molar-refractivity contribution in [1.29, 1.82) is 0 Å². The van der Waals surface area contributed by atoms with E-state index < -0.39 is 5.97 Å². The van der Waals surface area contributed by atoms with E-state index in [1.54, 1.807) is 43.3 Å². The molecule has 0 unspecified atom stereocenters. The highest BCUT2D eigenvalue weighted by Gasteiger charge is 2.18. The van der Waals surface area contributed by atoms with Crippen molar-refractivity contribution in [2.75, 3.05) is 13.2 Å². The average molecular weight is 326 g/mol. The van der Waals surface area contributed by atoms with Gasteiger partial charge in [0.2, 0.25) is 0 Å². The summed E-state index contributed by atoms with van der Waals surface area (Å²) in [5, 5.41) is 10.4. The Hall–Kier alpha value is -3.08. The second-order valence-corrected chi connectivity index (χ2v) is 5.02. The van der Waals surface area contributed by atoms with Gasteiger partial charge in [-0.1, -0.05) is 43.0 Å². The molecule has 0 aliphatic rings. The maximum atomic E-state index is 12.5. The van der Waals surface area contributed by atoms with E-state index >= 15 is 0 Å². The second kappa shape index (κ2) is 7.97. The van der Waals surface area contributed by atoms with Crippen LogP contribution in [0.3, 0.4) is 0 Å². The summed E-state index contributed by atoms with van der Waals surface area (Å²) in [5.41, 5.74) is 1.31. The standard InChI is InChI=1S/C19H18O5/c1-3-16(20)23-11-12-24-19-13(2)9-10-15(18(19)22)17(21)14-7-5-4-6-8-14/h3-10,22H,1,11-12H2,2H3. The highest BCUT2D eigenvalue weighted by molar-refractivity contribution is 6.11. The summed E-state index contributed by atoms with van der Waals surface area (Å²) in [6.45, 7) is 5.11. The molecule has 2 rings (SSSR count). The number of ether oxygens (including phenoxy) is 2. The predicted octanol–water partition coefficient (Wildman–Crippen LogP) is 3.04. The summed E-state index contributed by atoms with van der Waals surface area (Å²) in [6.07, 6.45) is 1.06. The Morgan fingerprint density at radius 3 is 2.50 bits per heavy atom. The van der Waals surface area contributed by atoms with Crippen molar-refractivity contribution in [1.82, 2.24) is 0 Å². The number of esters is 1. The predicted molar refractivity (Wildman–Crippen MR) is 89.4 cm³/mol. The Kier molecular flexibility index (Phi) is 5.73. The van der Waals surface area contributed by atoms with Gasteiger partial charge in [-0.05, 0) is 18.6 Å². The van der Waals surface area contributed by atoms with Crippen LogP contribution in [0.15, 0.2) is 55.1 Å². The van der Waals surface area contributed by atoms with Crippen molar-refractivity contribution < 1.29 is 24.2 Å². The van der Waals surface area contributed by atoms with E-state index in [2.05, 4.69) is 6.58 Å². The van der Waals surface area contributed by atoms with Gasteiger partial charge in [-0.3, -0.25) is 4.79 Å². The van der Waals surface area contributed by atoms with Crippen LogP contribution < -0.4 is 4.74 Å². The molecule has 2 aromatic carbocycles. The largest absolute Gasteiger partial charge is 0.504 e. The number of aromatic hydroxyl groups is 1. The molecule has 0 amide bonds.